The molecule has 2 heterocycles. The molecule has 3 aromatic carbocycles. The number of rotatable bonds is 9. The summed E-state index contributed by atoms with van der Waals surface area (Å²) in [7, 11) is 0. The van der Waals surface area contributed by atoms with Crippen molar-refractivity contribution < 1.29 is 23.9 Å². The van der Waals surface area contributed by atoms with Crippen LogP contribution >= 0.6 is 27.7 Å². The second-order valence-electron chi connectivity index (χ2n) is 8.75. The van der Waals surface area contributed by atoms with Crippen LogP contribution < -0.4 is 10.1 Å². The van der Waals surface area contributed by atoms with Crippen LogP contribution in [-0.2, 0) is 19.1 Å². The van der Waals surface area contributed by atoms with Crippen molar-refractivity contribution in [1.29, 1.82) is 0 Å². The smallest absolute Gasteiger partial charge is 0.356 e. The van der Waals surface area contributed by atoms with E-state index in [1.165, 1.54) is 16.7 Å². The van der Waals surface area contributed by atoms with Gasteiger partial charge < -0.3 is 14.8 Å². The maximum absolute atomic E-state index is 13.6. The number of amides is 2. The lowest BCUT2D eigenvalue weighted by atomic mass is 10.0. The van der Waals surface area contributed by atoms with Crippen molar-refractivity contribution in [1.82, 2.24) is 10.2 Å². The molecule has 0 unspecified atom stereocenters. The SMILES string of the molecule is O=C(COc1ccccc1)N[C@@H]1C(=O)N2C(C(=O)OC(c3ccccc3)c3ccccc3)=C(CBr)CS[C@H]12. The van der Waals surface area contributed by atoms with Crippen molar-refractivity contribution >= 4 is 45.5 Å². The van der Waals surface area contributed by atoms with Crippen LogP contribution in [0.15, 0.2) is 102 Å². The number of carbonyl (C=O) groups excluding carboxylic acids is 3. The Morgan fingerprint density at radius 2 is 1.53 bits per heavy atom. The second kappa shape index (κ2) is 11.9. The molecule has 2 aliphatic rings. The highest BCUT2D eigenvalue weighted by atomic mass is 79.9. The van der Waals surface area contributed by atoms with Crippen LogP contribution in [0.1, 0.15) is 17.2 Å². The van der Waals surface area contributed by atoms with Crippen molar-refractivity contribution in [3.8, 4) is 5.75 Å². The largest absolute Gasteiger partial charge is 0.484 e. The van der Waals surface area contributed by atoms with Gasteiger partial charge in [-0.15, -0.1) is 11.8 Å². The summed E-state index contributed by atoms with van der Waals surface area (Å²) >= 11 is 4.96. The Kier molecular flexibility index (Phi) is 8.14. The Balaban J connectivity index is 1.31. The summed E-state index contributed by atoms with van der Waals surface area (Å²) in [5, 5.41) is 2.78. The van der Waals surface area contributed by atoms with E-state index >= 15 is 0 Å². The fourth-order valence-corrected chi connectivity index (χ4v) is 6.47. The minimum Gasteiger partial charge on any atom is -0.484 e. The maximum Gasteiger partial charge on any atom is 0.356 e. The molecule has 194 valence electrons. The first-order valence-electron chi connectivity index (χ1n) is 12.1. The second-order valence-corrected chi connectivity index (χ2v) is 10.4. The summed E-state index contributed by atoms with van der Waals surface area (Å²) in [6, 6.07) is 27.2. The highest BCUT2D eigenvalue weighted by molar-refractivity contribution is 9.09. The van der Waals surface area contributed by atoms with Gasteiger partial charge in [0.2, 0.25) is 0 Å². The first kappa shape index (κ1) is 26.1. The van der Waals surface area contributed by atoms with Gasteiger partial charge in [-0.2, -0.15) is 0 Å². The van der Waals surface area contributed by atoms with E-state index in [0.717, 1.165) is 16.7 Å². The van der Waals surface area contributed by atoms with Crippen LogP contribution in [0.3, 0.4) is 0 Å². The Morgan fingerprint density at radius 1 is 0.947 bits per heavy atom. The molecule has 1 fully saturated rings. The zero-order chi connectivity index (χ0) is 26.5. The number of halogens is 1. The highest BCUT2D eigenvalue weighted by Gasteiger charge is 2.54. The van der Waals surface area contributed by atoms with Crippen LogP contribution in [0.4, 0.5) is 0 Å². The van der Waals surface area contributed by atoms with Gasteiger partial charge in [-0.05, 0) is 28.8 Å². The summed E-state index contributed by atoms with van der Waals surface area (Å²) in [6.07, 6.45) is -0.635. The van der Waals surface area contributed by atoms with Crippen LogP contribution in [0.5, 0.6) is 5.75 Å². The molecule has 0 bridgehead atoms. The number of para-hydroxylation sites is 1. The Morgan fingerprint density at radius 3 is 2.11 bits per heavy atom. The van der Waals surface area contributed by atoms with E-state index in [1.807, 2.05) is 78.9 Å². The summed E-state index contributed by atoms with van der Waals surface area (Å²) in [4.78, 5) is 40.8. The quantitative estimate of drug-likeness (QED) is 0.224. The molecule has 2 atom stereocenters. The number of β-lactam (4-membered cyclic amide) rings is 1. The van der Waals surface area contributed by atoms with Crippen LogP contribution in [0.25, 0.3) is 0 Å². The standard InChI is InChI=1S/C29H25BrN2O5S/c30-16-21-18-38-28-24(31-23(33)17-36-22-14-8-3-9-15-22)27(34)32(28)25(21)29(35)37-26(19-10-4-1-5-11-19)20-12-6-2-7-13-20/h1-15,24,26,28H,16-18H2,(H,31,33)/t24-,28-/m1/s1. The van der Waals surface area contributed by atoms with Gasteiger partial charge in [0.1, 0.15) is 22.9 Å². The monoisotopic (exact) mass is 592 g/mol. The third kappa shape index (κ3) is 5.49. The Labute approximate surface area is 233 Å². The number of carbonyl (C=O) groups is 3. The molecule has 38 heavy (non-hydrogen) atoms. The number of ether oxygens (including phenoxy) is 2. The molecule has 0 saturated carbocycles. The number of fused-ring (bicyclic) bond motifs is 1. The minimum atomic E-state index is -0.745. The van der Waals surface area contributed by atoms with E-state index in [4.69, 9.17) is 9.47 Å². The first-order valence-corrected chi connectivity index (χ1v) is 14.2. The Bertz CT molecular complexity index is 1300. The molecule has 0 aliphatic carbocycles. The summed E-state index contributed by atoms with van der Waals surface area (Å²) in [6.45, 7) is -0.210. The summed E-state index contributed by atoms with van der Waals surface area (Å²) in [5.41, 5.74) is 2.65. The van der Waals surface area contributed by atoms with Crippen molar-refractivity contribution in [2.24, 2.45) is 0 Å². The van der Waals surface area contributed by atoms with Gasteiger partial charge in [0.05, 0.1) is 0 Å². The number of nitrogens with zero attached hydrogens (tertiary/aromatic N) is 1. The number of alkyl halides is 1. The molecule has 1 saturated heterocycles. The van der Waals surface area contributed by atoms with E-state index in [1.54, 1.807) is 12.1 Å². The molecule has 0 aromatic heterocycles. The van der Waals surface area contributed by atoms with E-state index in [9.17, 15) is 14.4 Å². The minimum absolute atomic E-state index is 0.210. The van der Waals surface area contributed by atoms with Gasteiger partial charge in [-0.1, -0.05) is 94.8 Å². The van der Waals surface area contributed by atoms with Gasteiger partial charge >= 0.3 is 5.97 Å². The van der Waals surface area contributed by atoms with Gasteiger partial charge in [-0.25, -0.2) is 4.79 Å². The van der Waals surface area contributed by atoms with Gasteiger partial charge in [0.15, 0.2) is 12.7 Å². The average Bonchev–Trinajstić information content (AvgIpc) is 2.98. The predicted molar refractivity (Wildman–Crippen MR) is 149 cm³/mol. The van der Waals surface area contributed by atoms with Gasteiger partial charge in [-0.3, -0.25) is 14.5 Å². The lowest BCUT2D eigenvalue weighted by Crippen LogP contribution is -2.71. The molecule has 2 aliphatic heterocycles. The lowest BCUT2D eigenvalue weighted by molar-refractivity contribution is -0.154. The van der Waals surface area contributed by atoms with E-state index < -0.39 is 29.4 Å². The van der Waals surface area contributed by atoms with E-state index in [2.05, 4.69) is 21.2 Å². The number of benzene rings is 3. The number of nitrogens with one attached hydrogen (secondary N) is 1. The van der Waals surface area contributed by atoms with E-state index in [0.29, 0.717) is 16.8 Å². The van der Waals surface area contributed by atoms with Crippen LogP contribution in [0.2, 0.25) is 0 Å². The highest BCUT2D eigenvalue weighted by Crippen LogP contribution is 2.42. The van der Waals surface area contributed by atoms with Gasteiger partial charge in [0, 0.05) is 11.1 Å². The number of hydrogen-bond acceptors (Lipinski definition) is 6. The zero-order valence-corrected chi connectivity index (χ0v) is 22.7. The Hall–Kier alpha value is -3.56. The molecular formula is C29H25BrN2O5S. The van der Waals surface area contributed by atoms with Crippen molar-refractivity contribution in [2.75, 3.05) is 17.7 Å². The molecule has 7 nitrogen and oxygen atoms in total. The third-order valence-electron chi connectivity index (χ3n) is 6.26. The molecule has 3 aromatic rings. The molecule has 1 N–H and O–H groups in total. The number of esters is 1. The molecule has 2 amide bonds. The fourth-order valence-electron chi connectivity index (χ4n) is 4.40. The molecular weight excluding hydrogens is 568 g/mol. The van der Waals surface area contributed by atoms with Crippen molar-refractivity contribution in [3.05, 3.63) is 113 Å². The molecule has 0 radical (unpaired) electrons. The molecule has 0 spiro atoms. The number of thioether (sulfide) groups is 1. The van der Waals surface area contributed by atoms with Crippen molar-refractivity contribution in [3.63, 3.8) is 0 Å². The summed E-state index contributed by atoms with van der Waals surface area (Å²) < 4.78 is 11.6. The zero-order valence-electron chi connectivity index (χ0n) is 20.3. The fraction of sp³-hybridized carbons (Fsp3) is 0.207. The topological polar surface area (TPSA) is 84.9 Å². The number of hydrogen-bond donors (Lipinski definition) is 1. The summed E-state index contributed by atoms with van der Waals surface area (Å²) in [5.74, 6) is -0.236. The first-order chi connectivity index (χ1) is 18.6. The normalized spacial score (nSPS) is 18.5. The average molecular weight is 593 g/mol. The van der Waals surface area contributed by atoms with Crippen LogP contribution in [0, 0.1) is 0 Å². The molecule has 5 rings (SSSR count). The predicted octanol–water partition coefficient (Wildman–Crippen LogP) is 4.45. The van der Waals surface area contributed by atoms with E-state index in [-0.39, 0.29) is 18.2 Å². The lowest BCUT2D eigenvalue weighted by Gasteiger charge is -2.49. The molecule has 9 heteroatoms. The van der Waals surface area contributed by atoms with Crippen LogP contribution in [-0.4, -0.2) is 51.8 Å². The van der Waals surface area contributed by atoms with Crippen molar-refractivity contribution in [2.45, 2.75) is 17.5 Å². The van der Waals surface area contributed by atoms with Gasteiger partial charge in [0.25, 0.3) is 11.8 Å². The third-order valence-corrected chi connectivity index (χ3v) is 8.28. The maximum atomic E-state index is 13.6.